The predicted octanol–water partition coefficient (Wildman–Crippen LogP) is 3.28. The second-order valence-electron chi connectivity index (χ2n) is 3.65. The molecule has 0 aliphatic carbocycles. The second kappa shape index (κ2) is 4.94. The van der Waals surface area contributed by atoms with Crippen molar-refractivity contribution in [1.29, 1.82) is 0 Å². The fraction of sp³-hybridized carbons (Fsp3) is 0.500. The number of rotatable bonds is 3. The summed E-state index contributed by atoms with van der Waals surface area (Å²) in [4.78, 5) is 11.6. The zero-order valence-corrected chi connectivity index (χ0v) is 10.9. The lowest BCUT2D eigenvalue weighted by molar-refractivity contribution is 0.0931. The summed E-state index contributed by atoms with van der Waals surface area (Å²) in [6.07, 6.45) is 0. The molecule has 0 aromatic carbocycles. The Labute approximate surface area is 96.8 Å². The Kier molecular flexibility index (Phi) is 4.13. The van der Waals surface area contributed by atoms with Gasteiger partial charge in [-0.15, -0.1) is 11.3 Å². The number of hydrogen-bond acceptors (Lipinski definition) is 2. The Bertz CT molecular complexity index is 322. The number of amides is 1. The first-order valence-corrected chi connectivity index (χ1v) is 6.23. The number of thiophene rings is 1. The molecule has 14 heavy (non-hydrogen) atoms. The Morgan fingerprint density at radius 2 is 2.14 bits per heavy atom. The zero-order valence-electron chi connectivity index (χ0n) is 8.50. The summed E-state index contributed by atoms with van der Waals surface area (Å²) >= 11 is 4.86. The minimum atomic E-state index is 0.00755. The van der Waals surface area contributed by atoms with Crippen molar-refractivity contribution in [1.82, 2.24) is 5.32 Å². The van der Waals surface area contributed by atoms with Gasteiger partial charge in [-0.25, -0.2) is 0 Å². The lowest BCUT2D eigenvalue weighted by Gasteiger charge is -2.16. The third-order valence-corrected chi connectivity index (χ3v) is 3.69. The average Bonchev–Trinajstić information content (AvgIpc) is 2.51. The highest BCUT2D eigenvalue weighted by molar-refractivity contribution is 9.11. The van der Waals surface area contributed by atoms with Crippen molar-refractivity contribution in [3.63, 3.8) is 0 Å². The van der Waals surface area contributed by atoms with Gasteiger partial charge in [0.05, 0.1) is 9.35 Å². The number of halogens is 1. The average molecular weight is 276 g/mol. The van der Waals surface area contributed by atoms with Crippen LogP contribution in [0.2, 0.25) is 0 Å². The fourth-order valence-electron chi connectivity index (χ4n) is 0.886. The van der Waals surface area contributed by atoms with E-state index in [0.29, 0.717) is 5.92 Å². The molecular weight excluding hydrogens is 262 g/mol. The minimum absolute atomic E-state index is 0.00755. The van der Waals surface area contributed by atoms with Crippen LogP contribution in [0.15, 0.2) is 15.2 Å². The lowest BCUT2D eigenvalue weighted by Crippen LogP contribution is -2.35. The third kappa shape index (κ3) is 3.10. The molecule has 0 aliphatic rings. The van der Waals surface area contributed by atoms with Crippen LogP contribution >= 0.6 is 27.3 Å². The summed E-state index contributed by atoms with van der Waals surface area (Å²) in [5, 5.41) is 4.81. The van der Waals surface area contributed by atoms with Crippen molar-refractivity contribution in [2.45, 2.75) is 26.8 Å². The van der Waals surface area contributed by atoms with Crippen LogP contribution in [-0.4, -0.2) is 11.9 Å². The van der Waals surface area contributed by atoms with Crippen LogP contribution in [0.1, 0.15) is 31.1 Å². The van der Waals surface area contributed by atoms with E-state index >= 15 is 0 Å². The van der Waals surface area contributed by atoms with E-state index in [1.54, 1.807) is 0 Å². The minimum Gasteiger partial charge on any atom is -0.349 e. The van der Waals surface area contributed by atoms with Gasteiger partial charge in [0.25, 0.3) is 5.91 Å². The van der Waals surface area contributed by atoms with Crippen LogP contribution in [-0.2, 0) is 0 Å². The molecule has 4 heteroatoms. The third-order valence-electron chi connectivity index (χ3n) is 2.19. The summed E-state index contributed by atoms with van der Waals surface area (Å²) in [6, 6.07) is 2.05. The van der Waals surface area contributed by atoms with Crippen molar-refractivity contribution in [3.05, 3.63) is 20.8 Å². The van der Waals surface area contributed by atoms with Gasteiger partial charge in [0, 0.05) is 11.4 Å². The molecule has 1 atom stereocenters. The maximum Gasteiger partial charge on any atom is 0.252 e. The van der Waals surface area contributed by atoms with Gasteiger partial charge in [0.1, 0.15) is 0 Å². The van der Waals surface area contributed by atoms with E-state index in [0.717, 1.165) is 9.35 Å². The summed E-state index contributed by atoms with van der Waals surface area (Å²) in [6.45, 7) is 6.20. The SMILES string of the molecule is CC(C)C(C)NC(=O)c1csc(Br)c1. The van der Waals surface area contributed by atoms with Crippen LogP contribution in [0.4, 0.5) is 0 Å². The molecule has 2 nitrogen and oxygen atoms in total. The van der Waals surface area contributed by atoms with Gasteiger partial charge in [-0.05, 0) is 34.8 Å². The van der Waals surface area contributed by atoms with Crippen molar-refractivity contribution >= 4 is 33.2 Å². The molecule has 0 radical (unpaired) electrons. The van der Waals surface area contributed by atoms with E-state index in [9.17, 15) is 4.79 Å². The van der Waals surface area contributed by atoms with Gasteiger partial charge < -0.3 is 5.32 Å². The van der Waals surface area contributed by atoms with E-state index in [2.05, 4.69) is 35.1 Å². The second-order valence-corrected chi connectivity index (χ2v) is 5.94. The zero-order chi connectivity index (χ0) is 10.7. The molecule has 0 spiro atoms. The Morgan fingerprint density at radius 3 is 2.57 bits per heavy atom. The highest BCUT2D eigenvalue weighted by Crippen LogP contribution is 2.20. The molecule has 1 unspecified atom stereocenters. The van der Waals surface area contributed by atoms with Crippen LogP contribution in [0, 0.1) is 5.92 Å². The number of carbonyl (C=O) groups is 1. The summed E-state index contributed by atoms with van der Waals surface area (Å²) < 4.78 is 0.986. The summed E-state index contributed by atoms with van der Waals surface area (Å²) in [5.74, 6) is 0.467. The molecule has 0 saturated carbocycles. The lowest BCUT2D eigenvalue weighted by atomic mass is 10.1. The smallest absolute Gasteiger partial charge is 0.252 e. The van der Waals surface area contributed by atoms with E-state index in [1.807, 2.05) is 18.4 Å². The molecule has 1 amide bonds. The molecule has 0 saturated heterocycles. The van der Waals surface area contributed by atoms with E-state index in [1.165, 1.54) is 11.3 Å². The van der Waals surface area contributed by atoms with Gasteiger partial charge in [-0.3, -0.25) is 4.79 Å². The van der Waals surface area contributed by atoms with Gasteiger partial charge in [0.2, 0.25) is 0 Å². The van der Waals surface area contributed by atoms with E-state index in [-0.39, 0.29) is 11.9 Å². The quantitative estimate of drug-likeness (QED) is 0.901. The van der Waals surface area contributed by atoms with Crippen LogP contribution in [0.25, 0.3) is 0 Å². The van der Waals surface area contributed by atoms with Crippen molar-refractivity contribution in [3.8, 4) is 0 Å². The first kappa shape index (κ1) is 11.7. The van der Waals surface area contributed by atoms with E-state index < -0.39 is 0 Å². The van der Waals surface area contributed by atoms with E-state index in [4.69, 9.17) is 0 Å². The first-order chi connectivity index (χ1) is 6.50. The van der Waals surface area contributed by atoms with Crippen LogP contribution < -0.4 is 5.32 Å². The monoisotopic (exact) mass is 275 g/mol. The molecule has 1 aromatic rings. The normalized spacial score (nSPS) is 12.9. The molecule has 0 fully saturated rings. The summed E-state index contributed by atoms with van der Waals surface area (Å²) in [7, 11) is 0. The maximum atomic E-state index is 11.6. The molecule has 1 N–H and O–H groups in total. The Hall–Kier alpha value is -0.350. The molecule has 0 bridgehead atoms. The number of carbonyl (C=O) groups excluding carboxylic acids is 1. The van der Waals surface area contributed by atoms with Crippen molar-refractivity contribution in [2.75, 3.05) is 0 Å². The largest absolute Gasteiger partial charge is 0.349 e. The maximum absolute atomic E-state index is 11.6. The van der Waals surface area contributed by atoms with Gasteiger partial charge in [-0.1, -0.05) is 13.8 Å². The van der Waals surface area contributed by atoms with Gasteiger partial charge in [-0.2, -0.15) is 0 Å². The van der Waals surface area contributed by atoms with Gasteiger partial charge >= 0.3 is 0 Å². The first-order valence-electron chi connectivity index (χ1n) is 4.55. The molecule has 1 heterocycles. The molecule has 1 rings (SSSR count). The number of hydrogen-bond donors (Lipinski definition) is 1. The van der Waals surface area contributed by atoms with Crippen molar-refractivity contribution in [2.24, 2.45) is 5.92 Å². The fourth-order valence-corrected chi connectivity index (χ4v) is 2.02. The standard InChI is InChI=1S/C10H14BrNOS/c1-6(2)7(3)12-10(13)8-4-9(11)14-5-8/h4-7H,1-3H3,(H,12,13). The highest BCUT2D eigenvalue weighted by atomic mass is 79.9. The predicted molar refractivity (Wildman–Crippen MR) is 63.8 cm³/mol. The van der Waals surface area contributed by atoms with Crippen LogP contribution in [0.5, 0.6) is 0 Å². The molecule has 0 aliphatic heterocycles. The van der Waals surface area contributed by atoms with Crippen LogP contribution in [0.3, 0.4) is 0 Å². The highest BCUT2D eigenvalue weighted by Gasteiger charge is 2.13. The topological polar surface area (TPSA) is 29.1 Å². The van der Waals surface area contributed by atoms with Gasteiger partial charge in [0.15, 0.2) is 0 Å². The summed E-state index contributed by atoms with van der Waals surface area (Å²) in [5.41, 5.74) is 0.731. The number of nitrogens with one attached hydrogen (secondary N) is 1. The Balaban J connectivity index is 2.59. The molecular formula is C10H14BrNOS. The Morgan fingerprint density at radius 1 is 1.50 bits per heavy atom. The van der Waals surface area contributed by atoms with Crippen molar-refractivity contribution < 1.29 is 4.79 Å². The molecule has 78 valence electrons. The molecule has 1 aromatic heterocycles.